The van der Waals surface area contributed by atoms with Crippen LogP contribution in [0.15, 0.2) is 176 Å². The van der Waals surface area contributed by atoms with Gasteiger partial charge in [0.2, 0.25) is 0 Å². The van der Waals surface area contributed by atoms with Crippen LogP contribution in [0.2, 0.25) is 0 Å². The van der Waals surface area contributed by atoms with Crippen molar-refractivity contribution in [2.24, 2.45) is 0 Å². The van der Waals surface area contributed by atoms with E-state index in [1.807, 2.05) is 11.3 Å². The fraction of sp³-hybridized carbons (Fsp3) is 0. The molecule has 0 unspecified atom stereocenters. The molecule has 0 aliphatic heterocycles. The number of anilines is 3. The second-order valence-corrected chi connectivity index (χ2v) is 12.8. The van der Waals surface area contributed by atoms with E-state index < -0.39 is 0 Å². The average Bonchev–Trinajstić information content (AvgIpc) is 3.50. The number of nitrogens with zero attached hydrogens (tertiary/aromatic N) is 1. The third-order valence-corrected chi connectivity index (χ3v) is 10.2. The zero-order valence-corrected chi connectivity index (χ0v) is 25.9. The molecule has 0 spiro atoms. The van der Waals surface area contributed by atoms with E-state index in [9.17, 15) is 0 Å². The van der Waals surface area contributed by atoms with Crippen LogP contribution in [-0.2, 0) is 0 Å². The number of hydrogen-bond acceptors (Lipinski definition) is 2. The lowest BCUT2D eigenvalue weighted by Gasteiger charge is -2.27. The van der Waals surface area contributed by atoms with Gasteiger partial charge in [0.05, 0.1) is 0 Å². The first-order valence-electron chi connectivity index (χ1n) is 15.7. The summed E-state index contributed by atoms with van der Waals surface area (Å²) in [7, 11) is 0. The number of hydrogen-bond donors (Lipinski definition) is 0. The van der Waals surface area contributed by atoms with Gasteiger partial charge in [0.1, 0.15) is 0 Å². The molecule has 9 aromatic rings. The molecule has 0 aliphatic rings. The number of fused-ring (bicyclic) bond motifs is 6. The van der Waals surface area contributed by atoms with Gasteiger partial charge in [0.15, 0.2) is 0 Å². The van der Waals surface area contributed by atoms with Gasteiger partial charge in [-0.05, 0) is 86.3 Å². The molecule has 0 aliphatic carbocycles. The summed E-state index contributed by atoms with van der Waals surface area (Å²) in [6, 6.07) is 63.9. The van der Waals surface area contributed by atoms with Gasteiger partial charge in [-0.2, -0.15) is 0 Å². The molecule has 0 N–H and O–H groups in total. The Bertz CT molecular complexity index is 2510. The lowest BCUT2D eigenvalue weighted by Crippen LogP contribution is -2.09. The minimum Gasteiger partial charge on any atom is -0.310 e. The molecule has 0 amide bonds. The minimum atomic E-state index is 1.13. The predicted octanol–water partition coefficient (Wildman–Crippen LogP) is 13.2. The van der Waals surface area contributed by atoms with Crippen LogP contribution in [0.25, 0.3) is 64.0 Å². The Hall–Kier alpha value is -5.70. The van der Waals surface area contributed by atoms with E-state index >= 15 is 0 Å². The fourth-order valence-electron chi connectivity index (χ4n) is 7.01. The highest BCUT2D eigenvalue weighted by Crippen LogP contribution is 2.47. The molecular weight excluding hydrogens is 575 g/mol. The summed E-state index contributed by atoms with van der Waals surface area (Å²) in [6.07, 6.45) is 0. The Balaban J connectivity index is 1.36. The fourth-order valence-corrected chi connectivity index (χ4v) is 8.14. The molecule has 0 saturated carbocycles. The van der Waals surface area contributed by atoms with Gasteiger partial charge in [-0.25, -0.2) is 0 Å². The summed E-state index contributed by atoms with van der Waals surface area (Å²) in [5, 5.41) is 7.65. The Morgan fingerprint density at radius 3 is 1.48 bits per heavy atom. The van der Waals surface area contributed by atoms with Crippen LogP contribution in [-0.4, -0.2) is 0 Å². The van der Waals surface area contributed by atoms with Crippen molar-refractivity contribution < 1.29 is 0 Å². The Morgan fingerprint density at radius 1 is 0.304 bits per heavy atom. The monoisotopic (exact) mass is 603 g/mol. The molecule has 0 saturated heterocycles. The Kier molecular flexibility index (Phi) is 6.40. The second-order valence-electron chi connectivity index (χ2n) is 11.7. The van der Waals surface area contributed by atoms with Crippen molar-refractivity contribution in [1.82, 2.24) is 0 Å². The van der Waals surface area contributed by atoms with Crippen LogP contribution in [0.5, 0.6) is 0 Å². The lowest BCUT2D eigenvalue weighted by atomic mass is 9.85. The number of rotatable bonds is 5. The predicted molar refractivity (Wildman–Crippen MR) is 200 cm³/mol. The van der Waals surface area contributed by atoms with Crippen molar-refractivity contribution in [2.45, 2.75) is 0 Å². The smallest absolute Gasteiger partial charge is 0.0476 e. The molecular formula is C44H29NS. The molecule has 1 heterocycles. The van der Waals surface area contributed by atoms with Crippen LogP contribution >= 0.6 is 11.3 Å². The largest absolute Gasteiger partial charge is 0.310 e. The highest BCUT2D eigenvalue weighted by atomic mass is 32.1. The van der Waals surface area contributed by atoms with Gasteiger partial charge in [0.25, 0.3) is 0 Å². The molecule has 8 aromatic carbocycles. The first kappa shape index (κ1) is 26.7. The zero-order valence-electron chi connectivity index (χ0n) is 25.1. The van der Waals surface area contributed by atoms with E-state index in [0.717, 1.165) is 17.1 Å². The van der Waals surface area contributed by atoms with Crippen LogP contribution in [0.4, 0.5) is 17.1 Å². The number of para-hydroxylation sites is 1. The van der Waals surface area contributed by atoms with Crippen molar-refractivity contribution in [3.8, 4) is 22.3 Å². The molecule has 46 heavy (non-hydrogen) atoms. The topological polar surface area (TPSA) is 3.24 Å². The zero-order chi connectivity index (χ0) is 30.5. The van der Waals surface area contributed by atoms with Gasteiger partial charge in [-0.1, -0.05) is 133 Å². The quantitative estimate of drug-likeness (QED) is 0.177. The van der Waals surface area contributed by atoms with E-state index in [1.54, 1.807) is 0 Å². The third-order valence-electron chi connectivity index (χ3n) is 9.03. The first-order chi connectivity index (χ1) is 22.8. The van der Waals surface area contributed by atoms with Gasteiger partial charge in [0, 0.05) is 37.2 Å². The third kappa shape index (κ3) is 4.38. The van der Waals surface area contributed by atoms with Crippen LogP contribution in [0.1, 0.15) is 0 Å². The van der Waals surface area contributed by atoms with Crippen molar-refractivity contribution in [3.63, 3.8) is 0 Å². The van der Waals surface area contributed by atoms with Crippen molar-refractivity contribution >= 4 is 70.1 Å². The maximum Gasteiger partial charge on any atom is 0.0476 e. The normalized spacial score (nSPS) is 11.5. The molecule has 9 rings (SSSR count). The van der Waals surface area contributed by atoms with Crippen LogP contribution in [0.3, 0.4) is 0 Å². The molecule has 1 nitrogen and oxygen atoms in total. The van der Waals surface area contributed by atoms with E-state index in [-0.39, 0.29) is 0 Å². The summed E-state index contributed by atoms with van der Waals surface area (Å²) in [6.45, 7) is 0. The molecule has 0 fully saturated rings. The SMILES string of the molecule is c1ccc(-c2c(-c3ccccc3)c3cc(N(c4ccccc4)c4ccc5c(c4)sc4ccccc45)ccc3c3ccccc23)cc1. The highest BCUT2D eigenvalue weighted by Gasteiger charge is 2.20. The van der Waals surface area contributed by atoms with Crippen LogP contribution < -0.4 is 4.90 Å². The summed E-state index contributed by atoms with van der Waals surface area (Å²) in [5.41, 5.74) is 8.38. The molecule has 0 atom stereocenters. The first-order valence-corrected chi connectivity index (χ1v) is 16.5. The summed E-state index contributed by atoms with van der Waals surface area (Å²) in [5.74, 6) is 0. The average molecular weight is 604 g/mol. The van der Waals surface area contributed by atoms with Crippen molar-refractivity contribution in [2.75, 3.05) is 4.90 Å². The van der Waals surface area contributed by atoms with Crippen molar-refractivity contribution in [3.05, 3.63) is 176 Å². The maximum absolute atomic E-state index is 2.40. The molecule has 1 aromatic heterocycles. The van der Waals surface area contributed by atoms with Gasteiger partial charge in [-0.3, -0.25) is 0 Å². The molecule has 0 bridgehead atoms. The van der Waals surface area contributed by atoms with E-state index in [1.165, 1.54) is 64.0 Å². The standard InChI is InChI=1S/C44H29NS/c1-4-14-30(15-5-1)43-39-22-11-10-20-35(39)36-26-24-33(28-40(36)44(43)31-16-6-2-7-17-31)45(32-18-8-3-9-19-32)34-25-27-38-37-21-12-13-23-41(37)46-42(38)29-34/h1-29H. The molecule has 2 heteroatoms. The van der Waals surface area contributed by atoms with E-state index in [2.05, 4.69) is 181 Å². The Morgan fingerprint density at radius 2 is 0.783 bits per heavy atom. The van der Waals surface area contributed by atoms with E-state index in [0.29, 0.717) is 0 Å². The summed E-state index contributed by atoms with van der Waals surface area (Å²) >= 11 is 1.86. The molecule has 0 radical (unpaired) electrons. The van der Waals surface area contributed by atoms with Gasteiger partial charge >= 0.3 is 0 Å². The summed E-state index contributed by atoms with van der Waals surface area (Å²) < 4.78 is 2.61. The van der Waals surface area contributed by atoms with Crippen LogP contribution in [0, 0.1) is 0 Å². The minimum absolute atomic E-state index is 1.13. The Labute approximate surface area is 272 Å². The van der Waals surface area contributed by atoms with Gasteiger partial charge in [-0.15, -0.1) is 11.3 Å². The number of thiophene rings is 1. The molecule has 216 valence electrons. The van der Waals surface area contributed by atoms with E-state index in [4.69, 9.17) is 0 Å². The lowest BCUT2D eigenvalue weighted by molar-refractivity contribution is 1.30. The maximum atomic E-state index is 2.40. The highest BCUT2D eigenvalue weighted by molar-refractivity contribution is 7.25. The van der Waals surface area contributed by atoms with Gasteiger partial charge < -0.3 is 4.90 Å². The summed E-state index contributed by atoms with van der Waals surface area (Å²) in [4.78, 5) is 2.40. The second kappa shape index (κ2) is 11.0. The van der Waals surface area contributed by atoms with Crippen molar-refractivity contribution in [1.29, 1.82) is 0 Å². The number of benzene rings is 8.